The van der Waals surface area contributed by atoms with E-state index in [2.05, 4.69) is 20.4 Å². The van der Waals surface area contributed by atoms with Crippen molar-refractivity contribution in [3.63, 3.8) is 0 Å². The average Bonchev–Trinajstić information content (AvgIpc) is 2.17. The van der Waals surface area contributed by atoms with Gasteiger partial charge in [0.1, 0.15) is 0 Å². The van der Waals surface area contributed by atoms with Crippen molar-refractivity contribution in [2.45, 2.75) is 45.6 Å². The molecule has 0 radical (unpaired) electrons. The predicted octanol–water partition coefficient (Wildman–Crippen LogP) is 3.68. The van der Waals surface area contributed by atoms with Crippen LogP contribution >= 0.6 is 9.03 Å². The highest BCUT2D eigenvalue weighted by Crippen LogP contribution is 2.21. The van der Waals surface area contributed by atoms with Gasteiger partial charge < -0.3 is 9.05 Å². The molecule has 0 bridgehead atoms. The van der Waals surface area contributed by atoms with E-state index in [1.54, 1.807) is 0 Å². The van der Waals surface area contributed by atoms with Gasteiger partial charge in [-0.05, 0) is 25.7 Å². The molecule has 2 nitrogen and oxygen atoms in total. The van der Waals surface area contributed by atoms with Crippen molar-refractivity contribution in [1.82, 2.24) is 0 Å². The molecule has 0 heterocycles. The van der Waals surface area contributed by atoms with Gasteiger partial charge >= 0.3 is 0 Å². The third kappa shape index (κ3) is 8.42. The van der Waals surface area contributed by atoms with E-state index >= 15 is 0 Å². The highest BCUT2D eigenvalue weighted by Gasteiger charge is 2.04. The Labute approximate surface area is 83.6 Å². The molecule has 0 N–H and O–H groups in total. The fourth-order valence-electron chi connectivity index (χ4n) is 0.896. The number of rotatable bonds is 9. The Hall–Kier alpha value is 0.0900. The SMILES string of the molecule is C=CCCC(CC)OPOCCC. The molecular weight excluding hydrogens is 183 g/mol. The largest absolute Gasteiger partial charge is 0.336 e. The van der Waals surface area contributed by atoms with Crippen LogP contribution in [0.4, 0.5) is 0 Å². The van der Waals surface area contributed by atoms with E-state index in [-0.39, 0.29) is 9.03 Å². The van der Waals surface area contributed by atoms with E-state index in [9.17, 15) is 0 Å². The molecule has 0 aliphatic heterocycles. The zero-order valence-corrected chi connectivity index (χ0v) is 9.71. The molecule has 0 aliphatic carbocycles. The second kappa shape index (κ2) is 10.2. The summed E-state index contributed by atoms with van der Waals surface area (Å²) in [6.45, 7) is 8.73. The average molecular weight is 204 g/mol. The van der Waals surface area contributed by atoms with E-state index in [0.29, 0.717) is 6.10 Å². The lowest BCUT2D eigenvalue weighted by atomic mass is 10.1. The van der Waals surface area contributed by atoms with Gasteiger partial charge in [0.2, 0.25) is 0 Å². The summed E-state index contributed by atoms with van der Waals surface area (Å²) in [5.41, 5.74) is 0. The van der Waals surface area contributed by atoms with E-state index in [1.807, 2.05) is 6.08 Å². The van der Waals surface area contributed by atoms with Gasteiger partial charge in [0.15, 0.2) is 9.03 Å². The van der Waals surface area contributed by atoms with Crippen LogP contribution in [-0.2, 0) is 9.05 Å². The molecule has 0 aromatic rings. The minimum atomic E-state index is 0.203. The maximum absolute atomic E-state index is 5.55. The number of hydrogen-bond donors (Lipinski definition) is 0. The molecule has 0 aromatic carbocycles. The number of allylic oxidation sites excluding steroid dienone is 1. The zero-order valence-electron chi connectivity index (χ0n) is 8.71. The van der Waals surface area contributed by atoms with Gasteiger partial charge in [-0.25, -0.2) is 0 Å². The van der Waals surface area contributed by atoms with Crippen LogP contribution in [0.3, 0.4) is 0 Å². The second-order valence-corrected chi connectivity index (χ2v) is 3.64. The Morgan fingerprint density at radius 1 is 1.46 bits per heavy atom. The van der Waals surface area contributed by atoms with Gasteiger partial charge in [-0.2, -0.15) is 0 Å². The lowest BCUT2D eigenvalue weighted by molar-refractivity contribution is 0.179. The van der Waals surface area contributed by atoms with Gasteiger partial charge in [-0.3, -0.25) is 0 Å². The van der Waals surface area contributed by atoms with E-state index in [1.165, 1.54) is 0 Å². The third-order valence-corrected chi connectivity index (χ3v) is 2.48. The highest BCUT2D eigenvalue weighted by molar-refractivity contribution is 7.26. The topological polar surface area (TPSA) is 18.5 Å². The van der Waals surface area contributed by atoms with Crippen molar-refractivity contribution in [1.29, 1.82) is 0 Å². The Morgan fingerprint density at radius 2 is 2.23 bits per heavy atom. The van der Waals surface area contributed by atoms with Gasteiger partial charge in [0.05, 0.1) is 12.7 Å². The fourth-order valence-corrected chi connectivity index (χ4v) is 1.67. The van der Waals surface area contributed by atoms with Crippen molar-refractivity contribution in [2.75, 3.05) is 6.61 Å². The first-order valence-corrected chi connectivity index (χ1v) is 5.80. The second-order valence-electron chi connectivity index (χ2n) is 2.95. The Morgan fingerprint density at radius 3 is 2.77 bits per heavy atom. The Bertz CT molecular complexity index is 117. The smallest absolute Gasteiger partial charge is 0.155 e. The molecule has 0 aliphatic rings. The molecular formula is C10H21O2P. The maximum atomic E-state index is 5.55. The molecule has 3 heteroatoms. The Balaban J connectivity index is 3.30. The third-order valence-electron chi connectivity index (χ3n) is 1.73. The van der Waals surface area contributed by atoms with Gasteiger partial charge in [-0.1, -0.05) is 19.9 Å². The summed E-state index contributed by atoms with van der Waals surface area (Å²) >= 11 is 0. The molecule has 2 atom stereocenters. The van der Waals surface area contributed by atoms with Crippen molar-refractivity contribution in [3.8, 4) is 0 Å². The van der Waals surface area contributed by atoms with Gasteiger partial charge in [0.25, 0.3) is 0 Å². The number of hydrogen-bond acceptors (Lipinski definition) is 2. The first-order valence-electron chi connectivity index (χ1n) is 4.98. The first-order chi connectivity index (χ1) is 6.35. The molecule has 0 amide bonds. The van der Waals surface area contributed by atoms with Crippen molar-refractivity contribution in [2.24, 2.45) is 0 Å². The Kier molecular flexibility index (Phi) is 10.2. The summed E-state index contributed by atoms with van der Waals surface area (Å²) < 4.78 is 10.8. The lowest BCUT2D eigenvalue weighted by Crippen LogP contribution is -2.06. The minimum absolute atomic E-state index is 0.203. The summed E-state index contributed by atoms with van der Waals surface area (Å²) in [5.74, 6) is 0. The van der Waals surface area contributed by atoms with Crippen LogP contribution in [0.25, 0.3) is 0 Å². The van der Waals surface area contributed by atoms with E-state index in [4.69, 9.17) is 9.05 Å². The molecule has 78 valence electrons. The molecule has 0 rings (SSSR count). The lowest BCUT2D eigenvalue weighted by Gasteiger charge is -2.14. The summed E-state index contributed by atoms with van der Waals surface area (Å²) in [6, 6.07) is 0. The van der Waals surface area contributed by atoms with Gasteiger partial charge in [0, 0.05) is 0 Å². The molecule has 0 fully saturated rings. The quantitative estimate of drug-likeness (QED) is 0.324. The minimum Gasteiger partial charge on any atom is -0.336 e. The van der Waals surface area contributed by atoms with Crippen LogP contribution < -0.4 is 0 Å². The fraction of sp³-hybridized carbons (Fsp3) is 0.800. The standard InChI is InChI=1S/C10H21O2P/c1-4-7-8-10(6-3)12-13-11-9-5-2/h4,10,13H,1,5-9H2,2-3H3. The molecule has 0 saturated carbocycles. The van der Waals surface area contributed by atoms with Crippen LogP contribution in [-0.4, -0.2) is 12.7 Å². The van der Waals surface area contributed by atoms with Crippen LogP contribution in [0, 0.1) is 0 Å². The van der Waals surface area contributed by atoms with Crippen LogP contribution in [0.15, 0.2) is 12.7 Å². The monoisotopic (exact) mass is 204 g/mol. The van der Waals surface area contributed by atoms with Crippen LogP contribution in [0.2, 0.25) is 0 Å². The summed E-state index contributed by atoms with van der Waals surface area (Å²) in [5, 5.41) is 0. The molecule has 0 aromatic heterocycles. The van der Waals surface area contributed by atoms with E-state index < -0.39 is 0 Å². The zero-order chi connectivity index (χ0) is 9.94. The molecule has 0 spiro atoms. The van der Waals surface area contributed by atoms with Crippen molar-refractivity contribution in [3.05, 3.63) is 12.7 Å². The normalized spacial score (nSPS) is 13.7. The molecule has 2 unspecified atom stereocenters. The van der Waals surface area contributed by atoms with Crippen LogP contribution in [0.1, 0.15) is 39.5 Å². The summed E-state index contributed by atoms with van der Waals surface area (Å²) in [7, 11) is 0.203. The van der Waals surface area contributed by atoms with Gasteiger partial charge in [-0.15, -0.1) is 6.58 Å². The highest BCUT2D eigenvalue weighted by atomic mass is 31.1. The van der Waals surface area contributed by atoms with Crippen molar-refractivity contribution >= 4 is 9.03 Å². The van der Waals surface area contributed by atoms with Crippen molar-refractivity contribution < 1.29 is 9.05 Å². The molecule has 0 saturated heterocycles. The van der Waals surface area contributed by atoms with E-state index in [0.717, 1.165) is 32.3 Å². The summed E-state index contributed by atoms with van der Waals surface area (Å²) in [4.78, 5) is 0. The summed E-state index contributed by atoms with van der Waals surface area (Å²) in [6.07, 6.45) is 6.46. The molecule has 13 heavy (non-hydrogen) atoms. The maximum Gasteiger partial charge on any atom is 0.155 e. The predicted molar refractivity (Wildman–Crippen MR) is 59.2 cm³/mol. The first kappa shape index (κ1) is 13.1. The van der Waals surface area contributed by atoms with Crippen LogP contribution in [0.5, 0.6) is 0 Å².